The summed E-state index contributed by atoms with van der Waals surface area (Å²) in [6.45, 7) is 10.8. The molecule has 1 aliphatic carbocycles. The van der Waals surface area contributed by atoms with E-state index in [-0.39, 0.29) is 17.7 Å². The smallest absolute Gasteiger partial charge is 0.162 e. The molecule has 4 N–H and O–H groups in total. The van der Waals surface area contributed by atoms with Crippen LogP contribution < -0.4 is 16.0 Å². The van der Waals surface area contributed by atoms with Crippen LogP contribution in [0.25, 0.3) is 11.4 Å². The Hall–Kier alpha value is -2.80. The van der Waals surface area contributed by atoms with Crippen molar-refractivity contribution in [3.63, 3.8) is 0 Å². The lowest BCUT2D eigenvalue weighted by Crippen LogP contribution is -2.49. The molecule has 1 fully saturated rings. The number of hydrogen-bond acceptors (Lipinski definition) is 6. The molecule has 3 aromatic rings. The summed E-state index contributed by atoms with van der Waals surface area (Å²) >= 11 is 0. The van der Waals surface area contributed by atoms with Gasteiger partial charge in [-0.05, 0) is 81.0 Å². The van der Waals surface area contributed by atoms with Crippen LogP contribution in [0.4, 0.5) is 5.82 Å². The van der Waals surface area contributed by atoms with Crippen molar-refractivity contribution in [2.45, 2.75) is 96.9 Å². The van der Waals surface area contributed by atoms with Crippen LogP contribution in [-0.2, 0) is 31.3 Å². The Balaban J connectivity index is 1.59. The van der Waals surface area contributed by atoms with Crippen molar-refractivity contribution < 1.29 is 5.11 Å². The number of anilines is 1. The van der Waals surface area contributed by atoms with Crippen LogP contribution in [-0.4, -0.2) is 40.3 Å². The standard InChI is InChI=1S/C33H45N5O/c1-5-23-12-9-13-24(6-2)30(23)31-36-22(3)28(32(37-31)38-18-16-27(39)19-26(38)20-34)21-35-33(4)17-10-14-25-11-7-8-15-29(25)33/h7-9,11-13,15,26-27,35,39H,5-6,10,14,16-21,34H2,1-4H3/t26?,27?,33-/m0/s1. The van der Waals surface area contributed by atoms with Crippen LogP contribution in [0.3, 0.4) is 0 Å². The number of aliphatic hydroxyl groups is 1. The largest absolute Gasteiger partial charge is 0.393 e. The lowest BCUT2D eigenvalue weighted by Gasteiger charge is -2.40. The number of benzene rings is 2. The van der Waals surface area contributed by atoms with E-state index in [9.17, 15) is 5.11 Å². The van der Waals surface area contributed by atoms with Crippen LogP contribution >= 0.6 is 0 Å². The summed E-state index contributed by atoms with van der Waals surface area (Å²) in [5.41, 5.74) is 14.9. The summed E-state index contributed by atoms with van der Waals surface area (Å²) in [5, 5.41) is 14.4. The van der Waals surface area contributed by atoms with Crippen LogP contribution in [0.15, 0.2) is 42.5 Å². The van der Waals surface area contributed by atoms with Crippen LogP contribution in [0.2, 0.25) is 0 Å². The van der Waals surface area contributed by atoms with E-state index < -0.39 is 0 Å². The van der Waals surface area contributed by atoms with Crippen LogP contribution in [0.1, 0.15) is 80.0 Å². The van der Waals surface area contributed by atoms with E-state index in [2.05, 4.69) is 80.4 Å². The van der Waals surface area contributed by atoms with Gasteiger partial charge in [0.05, 0.1) is 6.10 Å². The van der Waals surface area contributed by atoms with Gasteiger partial charge < -0.3 is 21.1 Å². The van der Waals surface area contributed by atoms with E-state index in [0.29, 0.717) is 19.5 Å². The van der Waals surface area contributed by atoms with Gasteiger partial charge in [0.25, 0.3) is 0 Å². The highest BCUT2D eigenvalue weighted by Crippen LogP contribution is 2.37. The molecule has 208 valence electrons. The highest BCUT2D eigenvalue weighted by Gasteiger charge is 2.34. The monoisotopic (exact) mass is 527 g/mol. The molecule has 0 amide bonds. The van der Waals surface area contributed by atoms with Crippen molar-refractivity contribution in [3.05, 3.63) is 76.0 Å². The van der Waals surface area contributed by atoms with E-state index in [1.807, 2.05) is 0 Å². The third-order valence-electron chi connectivity index (χ3n) is 9.04. The molecule has 3 atom stereocenters. The first-order chi connectivity index (χ1) is 18.9. The van der Waals surface area contributed by atoms with Gasteiger partial charge >= 0.3 is 0 Å². The van der Waals surface area contributed by atoms with Gasteiger partial charge in [-0.2, -0.15) is 0 Å². The molecule has 1 aromatic heterocycles. The number of nitrogens with one attached hydrogen (secondary N) is 1. The Morgan fingerprint density at radius 3 is 2.54 bits per heavy atom. The average Bonchev–Trinajstić information content (AvgIpc) is 2.96. The molecule has 1 saturated heterocycles. The molecule has 0 spiro atoms. The molecule has 1 aliphatic heterocycles. The predicted octanol–water partition coefficient (Wildman–Crippen LogP) is 5.21. The van der Waals surface area contributed by atoms with Gasteiger partial charge in [-0.1, -0.05) is 56.3 Å². The van der Waals surface area contributed by atoms with Crippen molar-refractivity contribution in [1.82, 2.24) is 15.3 Å². The molecule has 2 aromatic carbocycles. The maximum Gasteiger partial charge on any atom is 0.162 e. The summed E-state index contributed by atoms with van der Waals surface area (Å²) in [7, 11) is 0. The number of aryl methyl sites for hydroxylation is 4. The third-order valence-corrected chi connectivity index (χ3v) is 9.04. The normalized spacial score (nSPS) is 23.1. The van der Waals surface area contributed by atoms with Gasteiger partial charge in [0.1, 0.15) is 5.82 Å². The fraction of sp³-hybridized carbons (Fsp3) is 0.515. The highest BCUT2D eigenvalue weighted by molar-refractivity contribution is 5.68. The number of rotatable bonds is 8. The number of nitrogens with zero attached hydrogens (tertiary/aromatic N) is 3. The second kappa shape index (κ2) is 11.7. The zero-order valence-corrected chi connectivity index (χ0v) is 24.1. The number of aromatic nitrogens is 2. The third kappa shape index (κ3) is 5.47. The molecule has 0 saturated carbocycles. The van der Waals surface area contributed by atoms with Crippen molar-refractivity contribution in [3.8, 4) is 11.4 Å². The van der Waals surface area contributed by atoms with Gasteiger partial charge in [-0.3, -0.25) is 0 Å². The van der Waals surface area contributed by atoms with Crippen LogP contribution in [0, 0.1) is 6.92 Å². The molecule has 2 heterocycles. The molecule has 2 aliphatic rings. The van der Waals surface area contributed by atoms with Crippen molar-refractivity contribution >= 4 is 5.82 Å². The molecule has 39 heavy (non-hydrogen) atoms. The summed E-state index contributed by atoms with van der Waals surface area (Å²) in [6.07, 6.45) is 6.35. The predicted molar refractivity (Wildman–Crippen MR) is 160 cm³/mol. The second-order valence-corrected chi connectivity index (χ2v) is 11.6. The fourth-order valence-corrected chi connectivity index (χ4v) is 6.71. The lowest BCUT2D eigenvalue weighted by molar-refractivity contribution is 0.129. The topological polar surface area (TPSA) is 87.3 Å². The van der Waals surface area contributed by atoms with Gasteiger partial charge in [-0.15, -0.1) is 0 Å². The molecular formula is C33H45N5O. The fourth-order valence-electron chi connectivity index (χ4n) is 6.71. The second-order valence-electron chi connectivity index (χ2n) is 11.6. The van der Waals surface area contributed by atoms with Crippen molar-refractivity contribution in [2.24, 2.45) is 5.73 Å². The average molecular weight is 528 g/mol. The number of fused-ring (bicyclic) bond motifs is 1. The summed E-state index contributed by atoms with van der Waals surface area (Å²) in [4.78, 5) is 12.8. The Morgan fingerprint density at radius 1 is 1.08 bits per heavy atom. The molecule has 0 radical (unpaired) electrons. The molecule has 6 heteroatoms. The quantitative estimate of drug-likeness (QED) is 0.373. The van der Waals surface area contributed by atoms with E-state index in [0.717, 1.165) is 61.5 Å². The summed E-state index contributed by atoms with van der Waals surface area (Å²) < 4.78 is 0. The first-order valence-corrected chi connectivity index (χ1v) is 14.8. The van der Waals surface area contributed by atoms with Crippen molar-refractivity contribution in [1.29, 1.82) is 0 Å². The SMILES string of the molecule is CCc1cccc(CC)c1-c1nc(C)c(CN[C@@]2(C)CCCc3ccccc32)c(N2CCC(O)CC2CN)n1. The molecule has 5 rings (SSSR count). The van der Waals surface area contributed by atoms with Crippen LogP contribution in [0.5, 0.6) is 0 Å². The Kier molecular flexibility index (Phi) is 8.36. The van der Waals surface area contributed by atoms with Gasteiger partial charge in [-0.25, -0.2) is 9.97 Å². The zero-order chi connectivity index (χ0) is 27.6. The maximum absolute atomic E-state index is 10.4. The van der Waals surface area contributed by atoms with E-state index >= 15 is 0 Å². The number of hydrogen-bond donors (Lipinski definition) is 3. The van der Waals surface area contributed by atoms with E-state index in [1.54, 1.807) is 0 Å². The minimum Gasteiger partial charge on any atom is -0.393 e. The molecule has 0 bridgehead atoms. The minimum atomic E-state index is -0.316. The first kappa shape index (κ1) is 27.8. The van der Waals surface area contributed by atoms with Crippen molar-refractivity contribution in [2.75, 3.05) is 18.0 Å². The number of nitrogens with two attached hydrogens (primary N) is 1. The molecular weight excluding hydrogens is 482 g/mol. The number of aliphatic hydroxyl groups excluding tert-OH is 1. The molecule has 2 unspecified atom stereocenters. The Bertz CT molecular complexity index is 1280. The Labute approximate surface area is 234 Å². The maximum atomic E-state index is 10.4. The first-order valence-electron chi connectivity index (χ1n) is 14.8. The highest BCUT2D eigenvalue weighted by atomic mass is 16.3. The lowest BCUT2D eigenvalue weighted by atomic mass is 9.77. The number of piperidine rings is 1. The summed E-state index contributed by atoms with van der Waals surface area (Å²) in [5.74, 6) is 1.77. The zero-order valence-electron chi connectivity index (χ0n) is 24.1. The van der Waals surface area contributed by atoms with E-state index in [4.69, 9.17) is 15.7 Å². The minimum absolute atomic E-state index is 0.0488. The van der Waals surface area contributed by atoms with Gasteiger partial charge in [0, 0.05) is 48.0 Å². The summed E-state index contributed by atoms with van der Waals surface area (Å²) in [6, 6.07) is 15.4. The van der Waals surface area contributed by atoms with Gasteiger partial charge in [0.15, 0.2) is 5.82 Å². The molecule has 6 nitrogen and oxygen atoms in total. The van der Waals surface area contributed by atoms with E-state index in [1.165, 1.54) is 34.2 Å². The van der Waals surface area contributed by atoms with Gasteiger partial charge in [0.2, 0.25) is 0 Å². The Morgan fingerprint density at radius 2 is 1.82 bits per heavy atom.